The number of hydrogen-bond acceptors (Lipinski definition) is 5. The Balaban J connectivity index is 1.90. The van der Waals surface area contributed by atoms with Crippen molar-refractivity contribution in [3.05, 3.63) is 18.5 Å². The number of urea groups is 1. The highest BCUT2D eigenvalue weighted by Gasteiger charge is 2.16. The van der Waals surface area contributed by atoms with Crippen LogP contribution in [0.15, 0.2) is 23.6 Å². The minimum absolute atomic E-state index is 0.0455. The predicted octanol–water partition coefficient (Wildman–Crippen LogP) is 3.35. The molecule has 8 nitrogen and oxygen atoms in total. The van der Waals surface area contributed by atoms with E-state index >= 15 is 0 Å². The van der Waals surface area contributed by atoms with E-state index in [1.807, 2.05) is 0 Å². The molecule has 0 bridgehead atoms. The van der Waals surface area contributed by atoms with Crippen molar-refractivity contribution in [1.29, 1.82) is 0 Å². The Morgan fingerprint density at radius 1 is 1.00 bits per heavy atom. The number of sulfone groups is 1. The number of hydrogen-bond donors (Lipinski definition) is 3. The molecule has 1 aromatic rings. The third-order valence-electron chi connectivity index (χ3n) is 4.29. The second-order valence-corrected chi connectivity index (χ2v) is 8.84. The summed E-state index contributed by atoms with van der Waals surface area (Å²) in [5, 5.41) is 11.7. The minimum Gasteiger partial charge on any atom is -0.338 e. The first-order valence-corrected chi connectivity index (χ1v) is 12.0. The molecule has 1 aromatic heterocycles. The van der Waals surface area contributed by atoms with E-state index in [9.17, 15) is 13.2 Å². The van der Waals surface area contributed by atoms with Gasteiger partial charge in [0.25, 0.3) is 0 Å². The van der Waals surface area contributed by atoms with E-state index in [0.29, 0.717) is 13.0 Å². The summed E-state index contributed by atoms with van der Waals surface area (Å²) in [5.74, 6) is 0.102. The number of allylic oxidation sites excluding steroid dienone is 2. The molecule has 0 spiro atoms. The molecule has 0 aliphatic rings. The lowest BCUT2D eigenvalue weighted by Gasteiger charge is -2.06. The van der Waals surface area contributed by atoms with Crippen molar-refractivity contribution in [3.8, 4) is 0 Å². The standard InChI is InChI=1S/C19H35N5O3S/c1-2-3-11-14-20-18(25)21-15-12-9-7-5-4-6-8-10-13-16-28(26,27)19-22-17-23-24-19/h4-5,17H,2-3,6-16H2,1H3,(H2,20,21,25)(H,22,23,24). The van der Waals surface area contributed by atoms with Crippen molar-refractivity contribution < 1.29 is 13.2 Å². The largest absolute Gasteiger partial charge is 0.338 e. The molecule has 0 unspecified atom stereocenters. The van der Waals surface area contributed by atoms with Gasteiger partial charge in [0.05, 0.1) is 5.75 Å². The molecule has 3 N–H and O–H groups in total. The average Bonchev–Trinajstić information content (AvgIpc) is 3.22. The van der Waals surface area contributed by atoms with Crippen LogP contribution >= 0.6 is 0 Å². The third kappa shape index (κ3) is 11.7. The van der Waals surface area contributed by atoms with Gasteiger partial charge in [-0.2, -0.15) is 5.10 Å². The molecule has 1 rings (SSSR count). The monoisotopic (exact) mass is 413 g/mol. The Bertz CT molecular complexity index is 645. The van der Waals surface area contributed by atoms with E-state index in [-0.39, 0.29) is 16.9 Å². The molecule has 0 fully saturated rings. The van der Waals surface area contributed by atoms with Crippen molar-refractivity contribution in [1.82, 2.24) is 25.8 Å². The quantitative estimate of drug-likeness (QED) is 0.284. The number of nitrogens with one attached hydrogen (secondary N) is 3. The smallest absolute Gasteiger partial charge is 0.314 e. The van der Waals surface area contributed by atoms with Crippen LogP contribution in [0, 0.1) is 0 Å². The van der Waals surface area contributed by atoms with Crippen molar-refractivity contribution >= 4 is 15.9 Å². The number of H-pyrrole nitrogens is 1. The van der Waals surface area contributed by atoms with Crippen LogP contribution in [0.2, 0.25) is 0 Å². The van der Waals surface area contributed by atoms with Crippen LogP contribution in [0.3, 0.4) is 0 Å². The van der Waals surface area contributed by atoms with Crippen molar-refractivity contribution in [3.63, 3.8) is 0 Å². The zero-order chi connectivity index (χ0) is 20.5. The molecule has 28 heavy (non-hydrogen) atoms. The molecule has 0 aliphatic carbocycles. The summed E-state index contributed by atoms with van der Waals surface area (Å²) in [4.78, 5) is 15.2. The average molecular weight is 414 g/mol. The minimum atomic E-state index is -3.32. The molecule has 2 amide bonds. The van der Waals surface area contributed by atoms with Crippen LogP contribution < -0.4 is 10.6 Å². The molecule has 0 radical (unpaired) electrons. The number of nitrogens with zero attached hydrogens (tertiary/aromatic N) is 2. The Hall–Kier alpha value is -1.90. The van der Waals surface area contributed by atoms with E-state index in [1.165, 1.54) is 6.33 Å². The Morgan fingerprint density at radius 2 is 1.64 bits per heavy atom. The highest BCUT2D eigenvalue weighted by atomic mass is 32.2. The Kier molecular flexibility index (Phi) is 13.0. The lowest BCUT2D eigenvalue weighted by Crippen LogP contribution is -2.36. The summed E-state index contributed by atoms with van der Waals surface area (Å²) in [6.07, 6.45) is 15.3. The van der Waals surface area contributed by atoms with Crippen LogP contribution in [0.1, 0.15) is 71.1 Å². The lowest BCUT2D eigenvalue weighted by atomic mass is 10.1. The number of carbonyl (C=O) groups excluding carboxylic acids is 1. The number of aromatic nitrogens is 3. The fourth-order valence-corrected chi connectivity index (χ4v) is 3.81. The fourth-order valence-electron chi connectivity index (χ4n) is 2.64. The lowest BCUT2D eigenvalue weighted by molar-refractivity contribution is 0.240. The normalized spacial score (nSPS) is 11.8. The van der Waals surface area contributed by atoms with Crippen molar-refractivity contribution in [2.75, 3.05) is 18.8 Å². The summed E-state index contributed by atoms with van der Waals surface area (Å²) in [5.41, 5.74) is 0. The molecular weight excluding hydrogens is 378 g/mol. The molecule has 9 heteroatoms. The molecule has 0 aliphatic heterocycles. The molecule has 0 saturated carbocycles. The van der Waals surface area contributed by atoms with Crippen molar-refractivity contribution in [2.45, 2.75) is 76.3 Å². The van der Waals surface area contributed by atoms with Gasteiger partial charge in [0, 0.05) is 13.1 Å². The molecular formula is C19H35N5O3S. The number of carbonyl (C=O) groups is 1. The van der Waals surface area contributed by atoms with Gasteiger partial charge < -0.3 is 10.6 Å². The van der Waals surface area contributed by atoms with Gasteiger partial charge in [0.1, 0.15) is 6.33 Å². The van der Waals surface area contributed by atoms with Gasteiger partial charge in [0.2, 0.25) is 15.0 Å². The van der Waals surface area contributed by atoms with Gasteiger partial charge in [-0.05, 0) is 44.9 Å². The first-order valence-electron chi connectivity index (χ1n) is 10.3. The van der Waals surface area contributed by atoms with Gasteiger partial charge in [0.15, 0.2) is 0 Å². The Morgan fingerprint density at radius 3 is 2.25 bits per heavy atom. The summed E-state index contributed by atoms with van der Waals surface area (Å²) >= 11 is 0. The highest BCUT2D eigenvalue weighted by Crippen LogP contribution is 2.09. The summed E-state index contributed by atoms with van der Waals surface area (Å²) in [7, 11) is -3.32. The van der Waals surface area contributed by atoms with Gasteiger partial charge in [-0.3, -0.25) is 5.10 Å². The molecule has 0 saturated heterocycles. The van der Waals surface area contributed by atoms with Gasteiger partial charge in [-0.1, -0.05) is 38.3 Å². The second kappa shape index (κ2) is 15.1. The van der Waals surface area contributed by atoms with Crippen LogP contribution in [0.4, 0.5) is 4.79 Å². The SMILES string of the molecule is CCCCCNC(=O)NCCCCC=CCCCCCS(=O)(=O)c1ncn[nH]1. The van der Waals surface area contributed by atoms with Crippen LogP contribution in [0.5, 0.6) is 0 Å². The molecule has 1 heterocycles. The number of rotatable bonds is 16. The maximum absolute atomic E-state index is 11.9. The zero-order valence-electron chi connectivity index (χ0n) is 17.0. The van der Waals surface area contributed by atoms with Gasteiger partial charge >= 0.3 is 6.03 Å². The molecule has 0 aromatic carbocycles. The van der Waals surface area contributed by atoms with E-state index < -0.39 is 9.84 Å². The number of amides is 2. The first-order chi connectivity index (χ1) is 13.6. The fraction of sp³-hybridized carbons (Fsp3) is 0.737. The van der Waals surface area contributed by atoms with E-state index in [1.54, 1.807) is 0 Å². The second-order valence-electron chi connectivity index (χ2n) is 6.82. The highest BCUT2D eigenvalue weighted by molar-refractivity contribution is 7.91. The maximum atomic E-state index is 11.9. The summed E-state index contributed by atoms with van der Waals surface area (Å²) in [6.45, 7) is 3.59. The van der Waals surface area contributed by atoms with E-state index in [4.69, 9.17) is 0 Å². The van der Waals surface area contributed by atoms with E-state index in [2.05, 4.69) is 44.9 Å². The van der Waals surface area contributed by atoms with Crippen LogP contribution in [-0.4, -0.2) is 48.5 Å². The summed E-state index contributed by atoms with van der Waals surface area (Å²) < 4.78 is 23.8. The molecule has 160 valence electrons. The summed E-state index contributed by atoms with van der Waals surface area (Å²) in [6, 6.07) is -0.0723. The maximum Gasteiger partial charge on any atom is 0.314 e. The zero-order valence-corrected chi connectivity index (χ0v) is 17.8. The molecule has 0 atom stereocenters. The predicted molar refractivity (Wildman–Crippen MR) is 111 cm³/mol. The topological polar surface area (TPSA) is 117 Å². The third-order valence-corrected chi connectivity index (χ3v) is 5.90. The van der Waals surface area contributed by atoms with Gasteiger partial charge in [-0.25, -0.2) is 18.2 Å². The van der Waals surface area contributed by atoms with Crippen LogP contribution in [0.25, 0.3) is 0 Å². The number of unbranched alkanes of at least 4 members (excludes halogenated alkanes) is 7. The number of aromatic amines is 1. The van der Waals surface area contributed by atoms with Crippen molar-refractivity contribution in [2.24, 2.45) is 0 Å². The van der Waals surface area contributed by atoms with Crippen LogP contribution in [-0.2, 0) is 9.84 Å². The van der Waals surface area contributed by atoms with E-state index in [0.717, 1.165) is 64.3 Å². The Labute approximate surface area is 168 Å². The van der Waals surface area contributed by atoms with Gasteiger partial charge in [-0.15, -0.1) is 0 Å². The first kappa shape index (κ1) is 24.1.